The molecule has 0 atom stereocenters. The summed E-state index contributed by atoms with van der Waals surface area (Å²) >= 11 is 0. The van der Waals surface area contributed by atoms with E-state index in [0.717, 1.165) is 78.4 Å². The molecule has 19 aromatic rings. The molecule has 0 aliphatic heterocycles. The predicted octanol–water partition coefficient (Wildman–Crippen LogP) is 28.6. The normalized spacial score (nSPS) is 13.0. The summed E-state index contributed by atoms with van der Waals surface area (Å²) in [5.74, 6) is 0. The summed E-state index contributed by atoms with van der Waals surface area (Å²) in [6.45, 7) is 4.74. The Labute approximate surface area is 640 Å². The van der Waals surface area contributed by atoms with Crippen LogP contribution in [0.2, 0.25) is 0 Å². The minimum absolute atomic E-state index is 0.118. The molecule has 0 unspecified atom stereocenters. The van der Waals surface area contributed by atoms with Gasteiger partial charge in [0.15, 0.2) is 0 Å². The highest BCUT2D eigenvalue weighted by Crippen LogP contribution is 2.64. The molecular formula is C106H73N3O. The highest BCUT2D eigenvalue weighted by Gasteiger charge is 2.52. The number of hydrogen-bond donors (Lipinski definition) is 0. The Morgan fingerprint density at radius 3 is 1.21 bits per heavy atom. The van der Waals surface area contributed by atoms with E-state index in [1.807, 2.05) is 12.1 Å². The molecule has 518 valence electrons. The lowest BCUT2D eigenvalue weighted by molar-refractivity contribution is 0.660. The molecule has 0 bridgehead atoms. The third-order valence-electron chi connectivity index (χ3n) is 23.5. The fourth-order valence-electron chi connectivity index (χ4n) is 18.5. The van der Waals surface area contributed by atoms with Crippen LogP contribution in [0.25, 0.3) is 127 Å². The monoisotopic (exact) mass is 1400 g/mol. The van der Waals surface area contributed by atoms with Gasteiger partial charge in [0.2, 0.25) is 0 Å². The van der Waals surface area contributed by atoms with E-state index in [4.69, 9.17) is 4.42 Å². The molecule has 110 heavy (non-hydrogen) atoms. The minimum atomic E-state index is -0.415. The second-order valence-corrected chi connectivity index (χ2v) is 29.8. The van der Waals surface area contributed by atoms with Crippen LogP contribution in [0.3, 0.4) is 0 Å². The molecule has 0 amide bonds. The van der Waals surface area contributed by atoms with Gasteiger partial charge in [-0.1, -0.05) is 323 Å². The Kier molecular flexibility index (Phi) is 15.1. The van der Waals surface area contributed by atoms with E-state index >= 15 is 0 Å². The predicted molar refractivity (Wildman–Crippen MR) is 459 cm³/mol. The molecule has 0 radical (unpaired) electrons. The molecule has 17 aromatic carbocycles. The average molecular weight is 1400 g/mol. The molecule has 22 rings (SSSR count). The van der Waals surface area contributed by atoms with Crippen molar-refractivity contribution in [3.05, 3.63) is 440 Å². The molecule has 0 fully saturated rings. The van der Waals surface area contributed by atoms with E-state index in [9.17, 15) is 0 Å². The maximum atomic E-state index is 6.40. The lowest BCUT2D eigenvalue weighted by Gasteiger charge is -2.33. The van der Waals surface area contributed by atoms with Gasteiger partial charge in [-0.2, -0.15) is 0 Å². The zero-order valence-electron chi connectivity index (χ0n) is 60.9. The van der Waals surface area contributed by atoms with Crippen LogP contribution in [0, 0.1) is 0 Å². The van der Waals surface area contributed by atoms with Crippen molar-refractivity contribution >= 4 is 77.9 Å². The zero-order valence-corrected chi connectivity index (χ0v) is 60.9. The molecule has 2 heterocycles. The smallest absolute Gasteiger partial charge is 0.143 e. The molecule has 3 aliphatic rings. The standard InChI is InChI=1S/C54H36N2O.C52H37N/c1-2-12-37(13-3-1)38-24-30-42(31-25-38)55(44-34-28-40(29-35-44)46-19-11-20-50-49-18-6-9-23-53(49)57-54(46)50)43-32-26-39(27-33-43)41-14-10-15-45(36-41)56-51-21-7-4-16-47(51)48-17-5-8-22-52(48)56;1-51(2)44-23-11-6-19-38(44)42-30-28-35(32-48(42)51)53(50-27-15-10-18-37(50)34-16-4-3-5-17-34)36-29-31-43-41-22-9-14-26-47(41)52(49(43)33-36)45-24-12-7-20-39(45)40-21-8-13-25-46(40)52/h1-36H;3-33H,1-2H3. The van der Waals surface area contributed by atoms with Crippen molar-refractivity contribution in [2.75, 3.05) is 9.80 Å². The molecule has 0 saturated heterocycles. The zero-order chi connectivity index (χ0) is 73.0. The molecule has 1 spiro atoms. The topological polar surface area (TPSA) is 24.6 Å². The number of anilines is 6. The van der Waals surface area contributed by atoms with Crippen molar-refractivity contribution in [2.24, 2.45) is 0 Å². The number of aromatic nitrogens is 1. The summed E-state index contributed by atoms with van der Waals surface area (Å²) in [7, 11) is 0. The van der Waals surface area contributed by atoms with Gasteiger partial charge in [-0.3, -0.25) is 0 Å². The van der Waals surface area contributed by atoms with Crippen molar-refractivity contribution in [3.8, 4) is 83.6 Å². The molecule has 0 saturated carbocycles. The average Bonchev–Trinajstić information content (AvgIpc) is 1.51. The summed E-state index contributed by atoms with van der Waals surface area (Å²) in [5.41, 5.74) is 37.0. The van der Waals surface area contributed by atoms with Crippen molar-refractivity contribution < 1.29 is 4.42 Å². The van der Waals surface area contributed by atoms with Crippen LogP contribution in [0.1, 0.15) is 47.2 Å². The molecule has 2 aromatic heterocycles. The van der Waals surface area contributed by atoms with Crippen LogP contribution >= 0.6 is 0 Å². The van der Waals surface area contributed by atoms with Crippen LogP contribution in [-0.4, -0.2) is 4.57 Å². The minimum Gasteiger partial charge on any atom is -0.455 e. The van der Waals surface area contributed by atoms with Gasteiger partial charge in [0.05, 0.1) is 22.1 Å². The lowest BCUT2D eigenvalue weighted by Crippen LogP contribution is -2.26. The van der Waals surface area contributed by atoms with Gasteiger partial charge in [0.25, 0.3) is 0 Å². The number of nitrogens with zero attached hydrogens (tertiary/aromatic N) is 3. The summed E-state index contributed by atoms with van der Waals surface area (Å²) in [5, 5.41) is 4.80. The van der Waals surface area contributed by atoms with Gasteiger partial charge < -0.3 is 18.8 Å². The Bertz CT molecular complexity index is 6690. The van der Waals surface area contributed by atoms with Crippen molar-refractivity contribution in [1.82, 2.24) is 4.57 Å². The Morgan fingerprint density at radius 2 is 0.618 bits per heavy atom. The SMILES string of the molecule is CC1(C)c2ccccc2-c2ccc(N(c3ccc4c(c3)C3(c5ccccc5-c5ccccc53)c3ccccc3-4)c3ccccc3-c3ccccc3)cc21.c1ccc(-c2ccc(N(c3ccc(-c4cccc(-n5c6ccccc6c6ccccc65)c4)cc3)c3ccc(-c4cccc5c4oc4ccccc45)cc3)cc2)cc1. The Morgan fingerprint density at radius 1 is 0.236 bits per heavy atom. The summed E-state index contributed by atoms with van der Waals surface area (Å²) in [6.07, 6.45) is 0. The van der Waals surface area contributed by atoms with Crippen molar-refractivity contribution in [2.45, 2.75) is 24.7 Å². The number of fused-ring (bicyclic) bond motifs is 19. The number of rotatable bonds is 11. The quantitative estimate of drug-likeness (QED) is 0.129. The highest BCUT2D eigenvalue weighted by molar-refractivity contribution is 6.11. The Balaban J connectivity index is 0.000000140. The first-order valence-corrected chi connectivity index (χ1v) is 38.1. The van der Waals surface area contributed by atoms with Gasteiger partial charge in [-0.05, 0) is 197 Å². The van der Waals surface area contributed by atoms with E-state index in [1.165, 1.54) is 116 Å². The molecule has 3 aliphatic carbocycles. The van der Waals surface area contributed by atoms with Gasteiger partial charge >= 0.3 is 0 Å². The summed E-state index contributed by atoms with van der Waals surface area (Å²) in [6, 6.07) is 148. The van der Waals surface area contributed by atoms with Gasteiger partial charge in [-0.15, -0.1) is 0 Å². The second-order valence-electron chi connectivity index (χ2n) is 29.8. The van der Waals surface area contributed by atoms with E-state index < -0.39 is 5.41 Å². The van der Waals surface area contributed by atoms with Crippen LogP contribution < -0.4 is 9.80 Å². The van der Waals surface area contributed by atoms with E-state index in [1.54, 1.807) is 0 Å². The molecular weight excluding hydrogens is 1330 g/mol. The van der Waals surface area contributed by atoms with Gasteiger partial charge in [0, 0.05) is 72.2 Å². The third kappa shape index (κ3) is 10.2. The van der Waals surface area contributed by atoms with Crippen molar-refractivity contribution in [1.29, 1.82) is 0 Å². The van der Waals surface area contributed by atoms with E-state index in [2.05, 4.69) is 423 Å². The Hall–Kier alpha value is -14.1. The van der Waals surface area contributed by atoms with E-state index in [0.29, 0.717) is 0 Å². The largest absolute Gasteiger partial charge is 0.455 e. The van der Waals surface area contributed by atoms with Gasteiger partial charge in [0.1, 0.15) is 11.2 Å². The maximum absolute atomic E-state index is 6.40. The number of hydrogen-bond acceptors (Lipinski definition) is 3. The summed E-state index contributed by atoms with van der Waals surface area (Å²) in [4.78, 5) is 4.84. The van der Waals surface area contributed by atoms with Crippen LogP contribution in [0.15, 0.2) is 411 Å². The maximum Gasteiger partial charge on any atom is 0.143 e. The van der Waals surface area contributed by atoms with Crippen LogP contribution in [0.4, 0.5) is 34.1 Å². The summed E-state index contributed by atoms with van der Waals surface area (Å²) < 4.78 is 8.78. The first kappa shape index (κ1) is 64.3. The third-order valence-corrected chi connectivity index (χ3v) is 23.5. The first-order valence-electron chi connectivity index (χ1n) is 38.1. The van der Waals surface area contributed by atoms with Crippen LogP contribution in [0.5, 0.6) is 0 Å². The van der Waals surface area contributed by atoms with Gasteiger partial charge in [-0.25, -0.2) is 0 Å². The van der Waals surface area contributed by atoms with E-state index in [-0.39, 0.29) is 5.41 Å². The number of para-hydroxylation sites is 5. The fraction of sp³-hybridized carbons (Fsp3) is 0.0377. The highest BCUT2D eigenvalue weighted by atomic mass is 16.3. The number of benzene rings is 17. The second kappa shape index (κ2) is 25.9. The number of furan rings is 1. The fourth-order valence-corrected chi connectivity index (χ4v) is 18.5. The molecule has 0 N–H and O–H groups in total. The van der Waals surface area contributed by atoms with Crippen molar-refractivity contribution in [3.63, 3.8) is 0 Å². The molecule has 4 nitrogen and oxygen atoms in total. The van der Waals surface area contributed by atoms with Crippen LogP contribution in [-0.2, 0) is 10.8 Å². The first-order chi connectivity index (χ1) is 54.3. The lowest BCUT2D eigenvalue weighted by atomic mass is 9.70. The molecule has 4 heteroatoms.